The first-order valence-electron chi connectivity index (χ1n) is 5.32. The van der Waals surface area contributed by atoms with Gasteiger partial charge in [0.1, 0.15) is 0 Å². The molecule has 0 aliphatic heterocycles. The molecular weight excluding hydrogens is 252 g/mol. The number of carboxylic acid groups (broad SMARTS) is 1. The minimum atomic E-state index is -1.15. The van der Waals surface area contributed by atoms with Crippen molar-refractivity contribution in [2.75, 3.05) is 0 Å². The Morgan fingerprint density at radius 3 is 2.89 bits per heavy atom. The normalized spacial score (nSPS) is 11.0. The highest BCUT2D eigenvalue weighted by Gasteiger charge is 2.11. The lowest BCUT2D eigenvalue weighted by molar-refractivity contribution is 0.0690. The zero-order chi connectivity index (χ0) is 13.6. The molecule has 0 unspecified atom stereocenters. The summed E-state index contributed by atoms with van der Waals surface area (Å²) in [6.07, 6.45) is 1.15. The van der Waals surface area contributed by atoms with Gasteiger partial charge >= 0.3 is 11.7 Å². The largest absolute Gasteiger partial charge is 0.476 e. The van der Waals surface area contributed by atoms with Crippen molar-refractivity contribution in [2.24, 2.45) is 7.05 Å². The van der Waals surface area contributed by atoms with E-state index in [0.717, 1.165) is 6.20 Å². The summed E-state index contributed by atoms with van der Waals surface area (Å²) in [5, 5.41) is 16.5. The van der Waals surface area contributed by atoms with Crippen LogP contribution in [0.15, 0.2) is 33.6 Å². The first-order chi connectivity index (χ1) is 9.06. The van der Waals surface area contributed by atoms with Gasteiger partial charge in [-0.05, 0) is 18.2 Å². The molecule has 2 aromatic heterocycles. The zero-order valence-corrected chi connectivity index (χ0v) is 9.77. The second-order valence-corrected chi connectivity index (χ2v) is 3.90. The van der Waals surface area contributed by atoms with Gasteiger partial charge in [-0.3, -0.25) is 4.57 Å². The molecule has 2 heterocycles. The maximum Gasteiger partial charge on any atom is 0.419 e. The fourth-order valence-corrected chi connectivity index (χ4v) is 1.72. The van der Waals surface area contributed by atoms with Crippen LogP contribution in [0.1, 0.15) is 10.5 Å². The summed E-state index contributed by atoms with van der Waals surface area (Å²) in [6, 6.07) is 4.89. The van der Waals surface area contributed by atoms with Gasteiger partial charge < -0.3 is 9.52 Å². The van der Waals surface area contributed by atoms with Gasteiger partial charge in [-0.1, -0.05) is 0 Å². The fourth-order valence-electron chi connectivity index (χ4n) is 1.72. The first-order valence-corrected chi connectivity index (χ1v) is 5.32. The molecule has 19 heavy (non-hydrogen) atoms. The number of carbonyl (C=O) groups is 1. The topological polar surface area (TPSA) is 103 Å². The number of fused-ring (bicyclic) bond motifs is 1. The van der Waals surface area contributed by atoms with E-state index in [1.54, 1.807) is 25.2 Å². The molecule has 0 saturated carbocycles. The lowest BCUT2D eigenvalue weighted by Gasteiger charge is -1.99. The molecule has 1 aromatic carbocycles. The fraction of sp³-hybridized carbons (Fsp3) is 0.0909. The van der Waals surface area contributed by atoms with Crippen molar-refractivity contribution in [3.8, 4) is 5.69 Å². The maximum atomic E-state index is 11.4. The Hall–Kier alpha value is -2.90. The molecule has 0 bridgehead atoms. The molecule has 0 fully saturated rings. The molecule has 0 radical (unpaired) electrons. The van der Waals surface area contributed by atoms with Crippen molar-refractivity contribution < 1.29 is 14.3 Å². The third kappa shape index (κ3) is 1.69. The second kappa shape index (κ2) is 3.80. The van der Waals surface area contributed by atoms with Crippen molar-refractivity contribution in [3.05, 3.63) is 40.6 Å². The van der Waals surface area contributed by atoms with Crippen LogP contribution in [0.4, 0.5) is 0 Å². The Labute approximate surface area is 105 Å². The van der Waals surface area contributed by atoms with E-state index >= 15 is 0 Å². The number of benzene rings is 1. The van der Waals surface area contributed by atoms with E-state index in [1.807, 2.05) is 0 Å². The summed E-state index contributed by atoms with van der Waals surface area (Å²) in [5.41, 5.74) is 1.41. The molecule has 96 valence electrons. The number of carboxylic acids is 1. The molecule has 0 aliphatic rings. The van der Waals surface area contributed by atoms with Gasteiger partial charge in [0, 0.05) is 7.05 Å². The van der Waals surface area contributed by atoms with Crippen LogP contribution in [-0.2, 0) is 7.05 Å². The molecule has 0 amide bonds. The van der Waals surface area contributed by atoms with Crippen LogP contribution in [0.3, 0.4) is 0 Å². The molecule has 0 atom stereocenters. The Morgan fingerprint density at radius 2 is 2.21 bits per heavy atom. The van der Waals surface area contributed by atoms with Crippen molar-refractivity contribution in [1.29, 1.82) is 0 Å². The van der Waals surface area contributed by atoms with Crippen molar-refractivity contribution in [3.63, 3.8) is 0 Å². The molecule has 8 nitrogen and oxygen atoms in total. The van der Waals surface area contributed by atoms with Crippen molar-refractivity contribution in [2.45, 2.75) is 0 Å². The van der Waals surface area contributed by atoms with Gasteiger partial charge in [0.05, 0.1) is 17.4 Å². The number of hydrogen-bond donors (Lipinski definition) is 1. The monoisotopic (exact) mass is 260 g/mol. The predicted octanol–water partition coefficient (Wildman–Crippen LogP) is 0.410. The summed E-state index contributed by atoms with van der Waals surface area (Å²) in [7, 11) is 1.58. The number of aromatic carboxylic acids is 1. The van der Waals surface area contributed by atoms with Crippen LogP contribution in [0.2, 0.25) is 0 Å². The van der Waals surface area contributed by atoms with E-state index in [0.29, 0.717) is 16.8 Å². The van der Waals surface area contributed by atoms with Crippen LogP contribution >= 0.6 is 0 Å². The maximum absolute atomic E-state index is 11.4. The molecule has 0 saturated heterocycles. The molecule has 8 heteroatoms. The van der Waals surface area contributed by atoms with Gasteiger partial charge in [-0.2, -0.15) is 9.90 Å². The highest BCUT2D eigenvalue weighted by Crippen LogP contribution is 2.16. The number of nitrogens with zero attached hydrogens (tertiary/aromatic N) is 4. The zero-order valence-electron chi connectivity index (χ0n) is 9.77. The van der Waals surface area contributed by atoms with Gasteiger partial charge in [0.15, 0.2) is 11.3 Å². The Balaban J connectivity index is 2.16. The standard InChI is InChI=1S/C11H8N4O4/c1-14-8-4-6(2-3-9(8)19-11(14)18)15-12-5-7(13-15)10(16)17/h2-5H,1H3,(H,16,17). The predicted molar refractivity (Wildman–Crippen MR) is 63.3 cm³/mol. The molecule has 3 aromatic rings. The van der Waals surface area contributed by atoms with E-state index in [2.05, 4.69) is 10.2 Å². The average Bonchev–Trinajstić information content (AvgIpc) is 2.96. The van der Waals surface area contributed by atoms with Crippen LogP contribution in [0.5, 0.6) is 0 Å². The molecule has 3 rings (SSSR count). The van der Waals surface area contributed by atoms with Gasteiger partial charge in [-0.15, -0.1) is 5.10 Å². The minimum Gasteiger partial charge on any atom is -0.476 e. The van der Waals surface area contributed by atoms with Crippen LogP contribution < -0.4 is 5.76 Å². The Bertz CT molecular complexity index is 842. The first kappa shape index (κ1) is 11.2. The quantitative estimate of drug-likeness (QED) is 0.715. The van der Waals surface area contributed by atoms with Crippen LogP contribution in [0.25, 0.3) is 16.8 Å². The summed E-state index contributed by atoms with van der Waals surface area (Å²) < 4.78 is 6.34. The van der Waals surface area contributed by atoms with Gasteiger partial charge in [0.2, 0.25) is 0 Å². The Morgan fingerprint density at radius 1 is 1.42 bits per heavy atom. The van der Waals surface area contributed by atoms with Crippen molar-refractivity contribution in [1.82, 2.24) is 19.6 Å². The molecular formula is C11H8N4O4. The number of hydrogen-bond acceptors (Lipinski definition) is 5. The lowest BCUT2D eigenvalue weighted by Crippen LogP contribution is -2.08. The lowest BCUT2D eigenvalue weighted by atomic mass is 10.3. The highest BCUT2D eigenvalue weighted by atomic mass is 16.4. The van der Waals surface area contributed by atoms with E-state index in [9.17, 15) is 9.59 Å². The third-order valence-electron chi connectivity index (χ3n) is 2.72. The third-order valence-corrected chi connectivity index (χ3v) is 2.72. The summed E-state index contributed by atoms with van der Waals surface area (Å²) >= 11 is 0. The molecule has 0 aliphatic carbocycles. The van der Waals surface area contributed by atoms with Crippen molar-refractivity contribution >= 4 is 17.1 Å². The minimum absolute atomic E-state index is 0.152. The average molecular weight is 260 g/mol. The van der Waals surface area contributed by atoms with E-state index in [-0.39, 0.29) is 5.69 Å². The number of rotatable bonds is 2. The van der Waals surface area contributed by atoms with Gasteiger partial charge in [0.25, 0.3) is 0 Å². The Kier molecular flexibility index (Phi) is 2.24. The highest BCUT2D eigenvalue weighted by molar-refractivity contribution is 5.84. The van der Waals surface area contributed by atoms with E-state index in [1.165, 1.54) is 9.36 Å². The smallest absolute Gasteiger partial charge is 0.419 e. The SMILES string of the molecule is Cn1c(=O)oc2ccc(-n3ncc(C(=O)O)n3)cc21. The van der Waals surface area contributed by atoms with Crippen LogP contribution in [-0.4, -0.2) is 30.6 Å². The number of oxazole rings is 1. The van der Waals surface area contributed by atoms with E-state index < -0.39 is 11.7 Å². The summed E-state index contributed by atoms with van der Waals surface area (Å²) in [6.45, 7) is 0. The van der Waals surface area contributed by atoms with Gasteiger partial charge in [-0.25, -0.2) is 9.59 Å². The summed E-state index contributed by atoms with van der Waals surface area (Å²) in [4.78, 5) is 23.3. The van der Waals surface area contributed by atoms with Crippen LogP contribution in [0, 0.1) is 0 Å². The molecule has 0 spiro atoms. The second-order valence-electron chi connectivity index (χ2n) is 3.90. The number of aromatic nitrogens is 4. The molecule has 1 N–H and O–H groups in total. The number of aryl methyl sites for hydroxylation is 1. The summed E-state index contributed by atoms with van der Waals surface area (Å²) in [5.74, 6) is -1.62. The van der Waals surface area contributed by atoms with E-state index in [4.69, 9.17) is 9.52 Å².